The van der Waals surface area contributed by atoms with Gasteiger partial charge in [-0.2, -0.15) is 0 Å². The Morgan fingerprint density at radius 3 is 2.58 bits per heavy atom. The Labute approximate surface area is 198 Å². The fraction of sp³-hybridized carbons (Fsp3) is 0.208. The number of nitrogens with zero attached hydrogens (tertiary/aromatic N) is 1. The van der Waals surface area contributed by atoms with Gasteiger partial charge in [0.1, 0.15) is 22.8 Å². The van der Waals surface area contributed by atoms with E-state index in [1.165, 1.54) is 42.0 Å². The number of ketones is 1. The zero-order valence-corrected chi connectivity index (χ0v) is 19.6. The third-order valence-electron chi connectivity index (χ3n) is 4.71. The minimum atomic E-state index is -0.581. The summed E-state index contributed by atoms with van der Waals surface area (Å²) in [4.78, 5) is 38.2. The van der Waals surface area contributed by atoms with E-state index in [-0.39, 0.29) is 38.0 Å². The standard InChI is InChI=1S/C24H22ClFN2O4S/c1-3-11-27-22(30)14-28-23(13-20(29)15-7-9-16(32-2)10-8-15)33-21(24(28)31)12-17-18(25)5-4-6-19(17)26/h4-10,12-13H,3,11,14H2,1-2H3,(H,27,30)/b21-12+,23-13-. The van der Waals surface area contributed by atoms with Gasteiger partial charge in [0.15, 0.2) is 5.78 Å². The van der Waals surface area contributed by atoms with Gasteiger partial charge in [0.05, 0.1) is 16.7 Å². The number of Topliss-reactive ketones (excluding diaryl/α,β-unsaturated/α-hetero) is 1. The molecule has 172 valence electrons. The molecule has 6 nitrogen and oxygen atoms in total. The minimum absolute atomic E-state index is 0.0631. The molecule has 0 aliphatic rings. The van der Waals surface area contributed by atoms with Crippen LogP contribution in [0.3, 0.4) is 0 Å². The number of halogens is 2. The second-order valence-corrected chi connectivity index (χ2v) is 8.53. The molecule has 0 saturated carbocycles. The number of benzene rings is 2. The molecular weight excluding hydrogens is 467 g/mol. The molecular formula is C24H22ClFN2O4S. The molecule has 0 atom stereocenters. The highest BCUT2D eigenvalue weighted by Gasteiger charge is 2.13. The molecule has 0 spiro atoms. The summed E-state index contributed by atoms with van der Waals surface area (Å²) in [6.45, 7) is 2.11. The largest absolute Gasteiger partial charge is 0.497 e. The fourth-order valence-corrected chi connectivity index (χ4v) is 4.23. The molecule has 3 rings (SSSR count). The average Bonchev–Trinajstić information content (AvgIpc) is 3.09. The summed E-state index contributed by atoms with van der Waals surface area (Å²) < 4.78 is 21.0. The molecule has 0 bridgehead atoms. The SMILES string of the molecule is CCCNC(=O)Cn1c(=O)/c(=C\c2c(F)cccc2Cl)s/c1=C\C(=O)c1ccc(OC)cc1. The molecule has 2 aromatic carbocycles. The highest BCUT2D eigenvalue weighted by atomic mass is 35.5. The topological polar surface area (TPSA) is 77.4 Å². The quantitative estimate of drug-likeness (QED) is 0.495. The van der Waals surface area contributed by atoms with Crippen LogP contribution < -0.4 is 24.8 Å². The maximum absolute atomic E-state index is 14.3. The van der Waals surface area contributed by atoms with E-state index in [1.807, 2.05) is 6.92 Å². The lowest BCUT2D eigenvalue weighted by Gasteiger charge is -2.04. The van der Waals surface area contributed by atoms with E-state index < -0.39 is 11.4 Å². The van der Waals surface area contributed by atoms with Crippen LogP contribution in [-0.2, 0) is 11.3 Å². The third-order valence-corrected chi connectivity index (χ3v) is 6.10. The number of carbonyl (C=O) groups is 2. The van der Waals surface area contributed by atoms with Crippen LogP contribution in [-0.4, -0.2) is 29.9 Å². The fourth-order valence-electron chi connectivity index (χ4n) is 2.99. The number of hydrogen-bond acceptors (Lipinski definition) is 5. The van der Waals surface area contributed by atoms with E-state index in [9.17, 15) is 18.8 Å². The van der Waals surface area contributed by atoms with Crippen molar-refractivity contribution in [3.63, 3.8) is 0 Å². The second-order valence-electron chi connectivity index (χ2n) is 7.06. The van der Waals surface area contributed by atoms with Crippen LogP contribution in [0.25, 0.3) is 12.2 Å². The van der Waals surface area contributed by atoms with E-state index in [4.69, 9.17) is 16.3 Å². The number of aromatic nitrogens is 1. The van der Waals surface area contributed by atoms with Crippen LogP contribution in [0.5, 0.6) is 5.75 Å². The molecule has 0 unspecified atom stereocenters. The summed E-state index contributed by atoms with van der Waals surface area (Å²) in [7, 11) is 1.52. The zero-order chi connectivity index (χ0) is 24.0. The van der Waals surface area contributed by atoms with Crippen LogP contribution in [0.2, 0.25) is 5.02 Å². The van der Waals surface area contributed by atoms with Gasteiger partial charge >= 0.3 is 0 Å². The predicted octanol–water partition coefficient (Wildman–Crippen LogP) is 2.73. The van der Waals surface area contributed by atoms with Crippen LogP contribution >= 0.6 is 22.9 Å². The lowest BCUT2D eigenvalue weighted by atomic mass is 10.1. The van der Waals surface area contributed by atoms with Crippen LogP contribution in [0.1, 0.15) is 29.3 Å². The Kier molecular flexibility index (Phi) is 8.19. The smallest absolute Gasteiger partial charge is 0.269 e. The van der Waals surface area contributed by atoms with E-state index in [0.717, 1.165) is 17.8 Å². The molecule has 0 saturated heterocycles. The first-order valence-electron chi connectivity index (χ1n) is 10.2. The van der Waals surface area contributed by atoms with E-state index in [0.29, 0.717) is 17.9 Å². The van der Waals surface area contributed by atoms with Gasteiger partial charge in [-0.3, -0.25) is 19.0 Å². The first-order valence-corrected chi connectivity index (χ1v) is 11.4. The highest BCUT2D eigenvalue weighted by Crippen LogP contribution is 2.19. The number of thiazole rings is 1. The van der Waals surface area contributed by atoms with Crippen molar-refractivity contribution < 1.29 is 18.7 Å². The zero-order valence-electron chi connectivity index (χ0n) is 18.1. The summed E-state index contributed by atoms with van der Waals surface area (Å²) in [5, 5.41) is 2.86. The van der Waals surface area contributed by atoms with Crippen molar-refractivity contribution in [2.75, 3.05) is 13.7 Å². The molecule has 0 aliphatic heterocycles. The van der Waals surface area contributed by atoms with Gasteiger partial charge in [-0.25, -0.2) is 4.39 Å². The maximum atomic E-state index is 14.3. The lowest BCUT2D eigenvalue weighted by molar-refractivity contribution is -0.121. The Balaban J connectivity index is 2.12. The summed E-state index contributed by atoms with van der Waals surface area (Å²) in [6.07, 6.45) is 3.37. The first kappa shape index (κ1) is 24.4. The van der Waals surface area contributed by atoms with E-state index in [2.05, 4.69) is 5.32 Å². The molecule has 33 heavy (non-hydrogen) atoms. The van der Waals surface area contributed by atoms with Crippen molar-refractivity contribution in [2.45, 2.75) is 19.9 Å². The molecule has 1 heterocycles. The Morgan fingerprint density at radius 2 is 1.94 bits per heavy atom. The van der Waals surface area contributed by atoms with E-state index in [1.54, 1.807) is 24.3 Å². The van der Waals surface area contributed by atoms with Gasteiger partial charge in [-0.15, -0.1) is 11.3 Å². The molecule has 0 fully saturated rings. The van der Waals surface area contributed by atoms with Crippen molar-refractivity contribution in [1.82, 2.24) is 9.88 Å². The third kappa shape index (κ3) is 5.97. The Bertz CT molecular complexity index is 1330. The predicted molar refractivity (Wildman–Crippen MR) is 128 cm³/mol. The molecule has 0 aliphatic carbocycles. The van der Waals surface area contributed by atoms with Gasteiger partial charge in [0, 0.05) is 23.7 Å². The molecule has 1 amide bonds. The average molecular weight is 489 g/mol. The van der Waals surface area contributed by atoms with Crippen molar-refractivity contribution in [3.05, 3.63) is 84.0 Å². The molecule has 0 radical (unpaired) electrons. The number of carbonyl (C=O) groups excluding carboxylic acids is 2. The molecule has 9 heteroatoms. The van der Waals surface area contributed by atoms with Crippen molar-refractivity contribution in [2.24, 2.45) is 0 Å². The first-order chi connectivity index (χ1) is 15.8. The van der Waals surface area contributed by atoms with Gasteiger partial charge < -0.3 is 10.1 Å². The van der Waals surface area contributed by atoms with Crippen LogP contribution in [0.15, 0.2) is 47.3 Å². The summed E-state index contributed by atoms with van der Waals surface area (Å²) in [5.41, 5.74) is -0.0609. The highest BCUT2D eigenvalue weighted by molar-refractivity contribution is 7.07. The number of hydrogen-bond donors (Lipinski definition) is 1. The monoisotopic (exact) mass is 488 g/mol. The van der Waals surface area contributed by atoms with Gasteiger partial charge in [0.2, 0.25) is 5.91 Å². The van der Waals surface area contributed by atoms with Gasteiger partial charge in [-0.1, -0.05) is 24.6 Å². The number of methoxy groups -OCH3 is 1. The van der Waals surface area contributed by atoms with Crippen molar-refractivity contribution >= 4 is 46.8 Å². The van der Waals surface area contributed by atoms with E-state index >= 15 is 0 Å². The van der Waals surface area contributed by atoms with Crippen molar-refractivity contribution in [1.29, 1.82) is 0 Å². The Morgan fingerprint density at radius 1 is 1.21 bits per heavy atom. The summed E-state index contributed by atoms with van der Waals surface area (Å²) in [6, 6.07) is 10.7. The Hall–Kier alpha value is -3.23. The lowest BCUT2D eigenvalue weighted by Crippen LogP contribution is -2.38. The minimum Gasteiger partial charge on any atom is -0.497 e. The van der Waals surface area contributed by atoms with Gasteiger partial charge in [0.25, 0.3) is 5.56 Å². The normalized spacial score (nSPS) is 12.1. The van der Waals surface area contributed by atoms with Crippen LogP contribution in [0, 0.1) is 5.82 Å². The molecule has 1 N–H and O–H groups in total. The molecule has 3 aromatic rings. The number of amides is 1. The maximum Gasteiger partial charge on any atom is 0.269 e. The second kappa shape index (κ2) is 11.1. The van der Waals surface area contributed by atoms with Crippen LogP contribution in [0.4, 0.5) is 4.39 Å². The molecule has 1 aromatic heterocycles. The summed E-state index contributed by atoms with van der Waals surface area (Å²) >= 11 is 7.08. The number of nitrogens with one attached hydrogen (secondary N) is 1. The van der Waals surface area contributed by atoms with Crippen molar-refractivity contribution in [3.8, 4) is 5.75 Å². The van der Waals surface area contributed by atoms with Gasteiger partial charge in [-0.05, 0) is 48.9 Å². The number of rotatable bonds is 8. The number of ether oxygens (including phenoxy) is 1. The summed E-state index contributed by atoms with van der Waals surface area (Å²) in [5.74, 6) is -0.691.